The normalized spacial score (nSPS) is 19.2. The Morgan fingerprint density at radius 3 is 2.65 bits per heavy atom. The highest BCUT2D eigenvalue weighted by Gasteiger charge is 2.41. The van der Waals surface area contributed by atoms with E-state index < -0.39 is 0 Å². The van der Waals surface area contributed by atoms with Gasteiger partial charge in [0.05, 0.1) is 31.0 Å². The van der Waals surface area contributed by atoms with E-state index in [2.05, 4.69) is 45.2 Å². The van der Waals surface area contributed by atoms with Gasteiger partial charge in [0, 0.05) is 16.5 Å². The van der Waals surface area contributed by atoms with Gasteiger partial charge in [-0.25, -0.2) is 5.01 Å². The minimum atomic E-state index is -0.382. The predicted octanol–water partition coefficient (Wildman–Crippen LogP) is 6.10. The highest BCUT2D eigenvalue weighted by Crippen LogP contribution is 2.49. The molecule has 0 saturated heterocycles. The molecule has 0 unspecified atom stereocenters. The fourth-order valence-electron chi connectivity index (χ4n) is 4.22. The Kier molecular flexibility index (Phi) is 5.32. The maximum absolute atomic E-state index is 6.46. The Hall–Kier alpha value is -2.99. The highest BCUT2D eigenvalue weighted by molar-refractivity contribution is 9.10. The molecule has 5 rings (SSSR count). The number of benzene rings is 3. The second-order valence-corrected chi connectivity index (χ2v) is 8.41. The quantitative estimate of drug-likeness (QED) is 0.444. The Morgan fingerprint density at radius 1 is 1.06 bits per heavy atom. The van der Waals surface area contributed by atoms with Gasteiger partial charge in [0.15, 0.2) is 0 Å². The number of methoxy groups -OCH3 is 1. The Labute approximate surface area is 190 Å². The third-order valence-corrected chi connectivity index (χ3v) is 6.15. The summed E-state index contributed by atoms with van der Waals surface area (Å²) in [6.07, 6.45) is 0.425. The van der Waals surface area contributed by atoms with Crippen LogP contribution in [0, 0.1) is 0 Å². The topological polar surface area (TPSA) is 43.3 Å². The van der Waals surface area contributed by atoms with Crippen molar-refractivity contribution in [2.75, 3.05) is 13.7 Å². The minimum Gasteiger partial charge on any atom is -0.496 e. The third-order valence-electron chi connectivity index (χ3n) is 5.66. The number of hydrazone groups is 1. The van der Waals surface area contributed by atoms with Gasteiger partial charge in [0.25, 0.3) is 0 Å². The van der Waals surface area contributed by atoms with E-state index in [1.54, 1.807) is 7.11 Å². The average molecular weight is 479 g/mol. The zero-order chi connectivity index (χ0) is 21.4. The molecule has 0 amide bonds. The fourth-order valence-corrected chi connectivity index (χ4v) is 4.60. The first-order valence-corrected chi connectivity index (χ1v) is 11.1. The van der Waals surface area contributed by atoms with Gasteiger partial charge in [-0.2, -0.15) is 5.10 Å². The van der Waals surface area contributed by atoms with Crippen molar-refractivity contribution in [3.63, 3.8) is 0 Å². The van der Waals surface area contributed by atoms with E-state index in [9.17, 15) is 0 Å². The number of hydrogen-bond donors (Lipinski definition) is 0. The van der Waals surface area contributed by atoms with Gasteiger partial charge >= 0.3 is 0 Å². The van der Waals surface area contributed by atoms with Crippen LogP contribution in [0.2, 0.25) is 0 Å². The lowest BCUT2D eigenvalue weighted by molar-refractivity contribution is -0.0203. The first-order valence-electron chi connectivity index (χ1n) is 10.4. The molecule has 0 aliphatic carbocycles. The lowest BCUT2D eigenvalue weighted by Crippen LogP contribution is -2.33. The molecular formula is C25H23BrN2O3. The van der Waals surface area contributed by atoms with Crippen LogP contribution < -0.4 is 14.2 Å². The van der Waals surface area contributed by atoms with E-state index >= 15 is 0 Å². The lowest BCUT2D eigenvalue weighted by Gasteiger charge is -2.38. The number of nitrogens with zero attached hydrogens (tertiary/aromatic N) is 2. The van der Waals surface area contributed by atoms with E-state index in [1.165, 1.54) is 0 Å². The molecule has 0 saturated carbocycles. The second-order valence-electron chi connectivity index (χ2n) is 7.50. The summed E-state index contributed by atoms with van der Waals surface area (Å²) >= 11 is 3.59. The van der Waals surface area contributed by atoms with Crippen LogP contribution in [0.15, 0.2) is 76.3 Å². The molecule has 0 N–H and O–H groups in total. The third kappa shape index (κ3) is 3.65. The first kappa shape index (κ1) is 19.9. The van der Waals surface area contributed by atoms with Gasteiger partial charge in [-0.3, -0.25) is 0 Å². The largest absolute Gasteiger partial charge is 0.496 e. The van der Waals surface area contributed by atoms with Gasteiger partial charge in [0.1, 0.15) is 17.2 Å². The van der Waals surface area contributed by atoms with Crippen molar-refractivity contribution in [1.82, 2.24) is 5.01 Å². The molecule has 0 radical (unpaired) electrons. The number of para-hydroxylation sites is 1. The maximum Gasteiger partial charge on any atom is 0.217 e. The Morgan fingerprint density at radius 2 is 1.87 bits per heavy atom. The zero-order valence-electron chi connectivity index (χ0n) is 17.4. The van der Waals surface area contributed by atoms with E-state index in [-0.39, 0.29) is 12.3 Å². The summed E-state index contributed by atoms with van der Waals surface area (Å²) in [6.45, 7) is 2.64. The molecule has 31 heavy (non-hydrogen) atoms. The van der Waals surface area contributed by atoms with Crippen molar-refractivity contribution in [1.29, 1.82) is 0 Å². The minimum absolute atomic E-state index is 0.0974. The molecule has 2 aliphatic rings. The molecule has 6 heteroatoms. The molecule has 0 fully saturated rings. The zero-order valence-corrected chi connectivity index (χ0v) is 19.0. The number of halogens is 1. The molecule has 3 aromatic rings. The lowest BCUT2D eigenvalue weighted by atomic mass is 9.96. The Balaban J connectivity index is 1.57. The summed E-state index contributed by atoms with van der Waals surface area (Å²) < 4.78 is 18.7. The van der Waals surface area contributed by atoms with Crippen molar-refractivity contribution in [2.24, 2.45) is 5.10 Å². The number of rotatable bonds is 5. The number of hydrogen-bond acceptors (Lipinski definition) is 5. The predicted molar refractivity (Wildman–Crippen MR) is 124 cm³/mol. The molecule has 0 spiro atoms. The number of fused-ring (bicyclic) bond motifs is 3. The summed E-state index contributed by atoms with van der Waals surface area (Å²) in [6, 6.07) is 22.4. The second kappa shape index (κ2) is 8.27. The van der Waals surface area contributed by atoms with Gasteiger partial charge in [0.2, 0.25) is 6.23 Å². The van der Waals surface area contributed by atoms with Crippen LogP contribution in [0.4, 0.5) is 0 Å². The molecule has 2 atom stereocenters. The summed E-state index contributed by atoms with van der Waals surface area (Å²) in [5.74, 6) is 2.53. The molecule has 0 aromatic heterocycles. The van der Waals surface area contributed by atoms with Crippen LogP contribution in [-0.4, -0.2) is 24.4 Å². The summed E-state index contributed by atoms with van der Waals surface area (Å²) in [5.41, 5.74) is 4.22. The molecule has 5 nitrogen and oxygen atoms in total. The highest BCUT2D eigenvalue weighted by atomic mass is 79.9. The number of ether oxygens (including phenoxy) is 3. The van der Waals surface area contributed by atoms with Gasteiger partial charge < -0.3 is 14.2 Å². The average Bonchev–Trinajstić information content (AvgIpc) is 3.25. The van der Waals surface area contributed by atoms with Crippen LogP contribution in [0.5, 0.6) is 17.2 Å². The molecule has 158 valence electrons. The summed E-state index contributed by atoms with van der Waals surface area (Å²) in [7, 11) is 1.68. The monoisotopic (exact) mass is 478 g/mol. The van der Waals surface area contributed by atoms with Crippen molar-refractivity contribution in [2.45, 2.75) is 25.6 Å². The van der Waals surface area contributed by atoms with Crippen LogP contribution >= 0.6 is 15.9 Å². The SMILES string of the molecule is CCOc1ccc(C2=NN3[C@H](C2)c2ccccc2O[C@H]3c2cc(Br)ccc2OC)cc1. The van der Waals surface area contributed by atoms with E-state index in [1.807, 2.05) is 49.4 Å². The molecule has 2 heterocycles. The summed E-state index contributed by atoms with van der Waals surface area (Å²) in [5, 5.41) is 7.10. The van der Waals surface area contributed by atoms with Crippen molar-refractivity contribution in [3.05, 3.63) is 87.9 Å². The fraction of sp³-hybridized carbons (Fsp3) is 0.240. The van der Waals surface area contributed by atoms with Crippen LogP contribution in [0.3, 0.4) is 0 Å². The van der Waals surface area contributed by atoms with Crippen LogP contribution in [-0.2, 0) is 0 Å². The molecule has 2 aliphatic heterocycles. The van der Waals surface area contributed by atoms with Crippen molar-refractivity contribution < 1.29 is 14.2 Å². The van der Waals surface area contributed by atoms with Gasteiger partial charge in [-0.15, -0.1) is 0 Å². The van der Waals surface area contributed by atoms with E-state index in [0.717, 1.165) is 50.5 Å². The smallest absolute Gasteiger partial charge is 0.217 e. The first-order chi connectivity index (χ1) is 15.2. The van der Waals surface area contributed by atoms with Crippen molar-refractivity contribution >= 4 is 21.6 Å². The van der Waals surface area contributed by atoms with Crippen LogP contribution in [0.1, 0.15) is 42.3 Å². The standard InChI is InChI=1S/C25H23BrN2O3/c1-3-30-18-11-8-16(9-12-18)21-15-22-19-6-4-5-7-24(19)31-25(28(22)27-21)20-14-17(26)10-13-23(20)29-2/h4-14,22,25H,3,15H2,1-2H3/t22-,25+/m1/s1. The molecule has 0 bridgehead atoms. The molecular weight excluding hydrogens is 456 g/mol. The summed E-state index contributed by atoms with van der Waals surface area (Å²) in [4.78, 5) is 0. The molecule has 3 aromatic carbocycles. The van der Waals surface area contributed by atoms with Gasteiger partial charge in [-0.05, 0) is 61.0 Å². The van der Waals surface area contributed by atoms with Gasteiger partial charge in [-0.1, -0.05) is 34.1 Å². The maximum atomic E-state index is 6.46. The van der Waals surface area contributed by atoms with Crippen molar-refractivity contribution in [3.8, 4) is 17.2 Å². The van der Waals surface area contributed by atoms with Crippen LogP contribution in [0.25, 0.3) is 0 Å². The van der Waals surface area contributed by atoms with E-state index in [0.29, 0.717) is 6.61 Å². The Bertz CT molecular complexity index is 1130. The van der Waals surface area contributed by atoms with E-state index in [4.69, 9.17) is 19.3 Å².